The third kappa shape index (κ3) is 4.42. The number of hydrogen-bond donors (Lipinski definition) is 0. The number of hydrogen-bond acceptors (Lipinski definition) is 4. The van der Waals surface area contributed by atoms with Crippen LogP contribution in [0.15, 0.2) is 54.7 Å². The molecule has 0 aliphatic carbocycles. The molecule has 2 aliphatic heterocycles. The van der Waals surface area contributed by atoms with Crippen LogP contribution in [0.5, 0.6) is 0 Å². The molecule has 0 N–H and O–H groups in total. The smallest absolute Gasteiger partial charge is 0.230 e. The van der Waals surface area contributed by atoms with Crippen molar-refractivity contribution < 1.29 is 9.53 Å². The molecular weight excluding hydrogens is 350 g/mol. The first kappa shape index (κ1) is 19.1. The van der Waals surface area contributed by atoms with Crippen LogP contribution in [0.1, 0.15) is 30.5 Å². The van der Waals surface area contributed by atoms with E-state index in [1.165, 1.54) is 5.56 Å². The van der Waals surface area contributed by atoms with E-state index < -0.39 is 0 Å². The molecule has 1 atom stereocenters. The highest BCUT2D eigenvalue weighted by Crippen LogP contribution is 2.41. The van der Waals surface area contributed by atoms with E-state index in [0.29, 0.717) is 19.1 Å². The summed E-state index contributed by atoms with van der Waals surface area (Å²) < 4.78 is 5.79. The summed E-state index contributed by atoms with van der Waals surface area (Å²) in [7, 11) is 0. The van der Waals surface area contributed by atoms with Crippen molar-refractivity contribution in [2.24, 2.45) is 5.41 Å². The molecule has 1 spiro atoms. The Morgan fingerprint density at radius 3 is 2.68 bits per heavy atom. The van der Waals surface area contributed by atoms with Gasteiger partial charge in [-0.15, -0.1) is 0 Å². The molecule has 5 nitrogen and oxygen atoms in total. The summed E-state index contributed by atoms with van der Waals surface area (Å²) in [6.07, 6.45) is 4.76. The third-order valence-electron chi connectivity index (χ3n) is 5.99. The summed E-state index contributed by atoms with van der Waals surface area (Å²) in [6, 6.07) is 16.2. The lowest BCUT2D eigenvalue weighted by atomic mass is 9.85. The van der Waals surface area contributed by atoms with Gasteiger partial charge in [0, 0.05) is 32.4 Å². The van der Waals surface area contributed by atoms with Crippen LogP contribution in [0.25, 0.3) is 0 Å². The van der Waals surface area contributed by atoms with Crippen molar-refractivity contribution in [3.05, 3.63) is 66.0 Å². The van der Waals surface area contributed by atoms with Gasteiger partial charge in [-0.1, -0.05) is 36.4 Å². The first-order valence-corrected chi connectivity index (χ1v) is 10.3. The molecule has 4 rings (SSSR count). The molecule has 1 aromatic heterocycles. The number of nitrogens with zero attached hydrogens (tertiary/aromatic N) is 3. The topological polar surface area (TPSA) is 45.7 Å². The van der Waals surface area contributed by atoms with Crippen molar-refractivity contribution in [2.75, 3.05) is 32.8 Å². The van der Waals surface area contributed by atoms with Gasteiger partial charge in [-0.2, -0.15) is 0 Å². The van der Waals surface area contributed by atoms with Gasteiger partial charge in [0.15, 0.2) is 0 Å². The SMILES string of the molecule is O=C1N(Cc2ccccn2)CCC12CCN(CCCOCc1ccccc1)C2. The number of carbonyl (C=O) groups is 1. The molecule has 2 aliphatic rings. The minimum Gasteiger partial charge on any atom is -0.377 e. The lowest BCUT2D eigenvalue weighted by Crippen LogP contribution is -2.37. The number of amides is 1. The normalized spacial score (nSPS) is 22.4. The van der Waals surface area contributed by atoms with Crippen LogP contribution in [0, 0.1) is 5.41 Å². The molecule has 28 heavy (non-hydrogen) atoms. The Balaban J connectivity index is 1.20. The Morgan fingerprint density at radius 1 is 1.04 bits per heavy atom. The van der Waals surface area contributed by atoms with Gasteiger partial charge < -0.3 is 14.5 Å². The fourth-order valence-corrected chi connectivity index (χ4v) is 4.41. The zero-order valence-corrected chi connectivity index (χ0v) is 16.4. The summed E-state index contributed by atoms with van der Waals surface area (Å²) in [5.41, 5.74) is 2.02. The fraction of sp³-hybridized carbons (Fsp3) is 0.478. The van der Waals surface area contributed by atoms with Gasteiger partial charge in [0.2, 0.25) is 5.91 Å². The predicted molar refractivity (Wildman–Crippen MR) is 108 cm³/mol. The van der Waals surface area contributed by atoms with E-state index in [2.05, 4.69) is 22.0 Å². The maximum absolute atomic E-state index is 13.1. The number of carbonyl (C=O) groups excluding carboxylic acids is 1. The van der Waals surface area contributed by atoms with Crippen LogP contribution in [0.2, 0.25) is 0 Å². The molecule has 2 saturated heterocycles. The largest absolute Gasteiger partial charge is 0.377 e. The van der Waals surface area contributed by atoms with Gasteiger partial charge in [0.1, 0.15) is 0 Å². The van der Waals surface area contributed by atoms with Crippen LogP contribution in [-0.2, 0) is 22.7 Å². The molecule has 1 aromatic carbocycles. The summed E-state index contributed by atoms with van der Waals surface area (Å²) in [5.74, 6) is 0.320. The monoisotopic (exact) mass is 379 g/mol. The molecular formula is C23H29N3O2. The van der Waals surface area contributed by atoms with Gasteiger partial charge in [0.05, 0.1) is 24.3 Å². The second-order valence-corrected chi connectivity index (χ2v) is 8.00. The van der Waals surface area contributed by atoms with E-state index in [-0.39, 0.29) is 5.41 Å². The highest BCUT2D eigenvalue weighted by atomic mass is 16.5. The minimum atomic E-state index is -0.167. The highest BCUT2D eigenvalue weighted by molar-refractivity contribution is 5.85. The molecule has 0 saturated carbocycles. The quantitative estimate of drug-likeness (QED) is 0.661. The third-order valence-corrected chi connectivity index (χ3v) is 5.99. The second-order valence-electron chi connectivity index (χ2n) is 8.00. The van der Waals surface area contributed by atoms with Crippen molar-refractivity contribution in [1.29, 1.82) is 0 Å². The minimum absolute atomic E-state index is 0.167. The highest BCUT2D eigenvalue weighted by Gasteiger charge is 2.50. The molecule has 2 aromatic rings. The molecule has 1 unspecified atom stereocenters. The van der Waals surface area contributed by atoms with Gasteiger partial charge in [0.25, 0.3) is 0 Å². The Kier molecular flexibility index (Phi) is 6.03. The Bertz CT molecular complexity index is 768. The second kappa shape index (κ2) is 8.84. The van der Waals surface area contributed by atoms with Crippen molar-refractivity contribution in [2.45, 2.75) is 32.4 Å². The number of likely N-dealkylation sites (tertiary alicyclic amines) is 2. The number of benzene rings is 1. The summed E-state index contributed by atoms with van der Waals surface area (Å²) in [4.78, 5) is 21.9. The molecule has 0 bridgehead atoms. The van der Waals surface area contributed by atoms with E-state index >= 15 is 0 Å². The van der Waals surface area contributed by atoms with Gasteiger partial charge >= 0.3 is 0 Å². The first-order chi connectivity index (χ1) is 13.8. The van der Waals surface area contributed by atoms with Gasteiger partial charge in [-0.3, -0.25) is 9.78 Å². The predicted octanol–water partition coefficient (Wildman–Crippen LogP) is 3.11. The van der Waals surface area contributed by atoms with E-state index in [1.54, 1.807) is 6.20 Å². The fourth-order valence-electron chi connectivity index (χ4n) is 4.41. The average Bonchev–Trinajstić information content (AvgIpc) is 3.28. The Labute approximate surface area is 167 Å². The van der Waals surface area contributed by atoms with Crippen molar-refractivity contribution in [1.82, 2.24) is 14.8 Å². The van der Waals surface area contributed by atoms with Gasteiger partial charge in [-0.05, 0) is 43.5 Å². The average molecular weight is 380 g/mol. The van der Waals surface area contributed by atoms with Gasteiger partial charge in [-0.25, -0.2) is 0 Å². The number of pyridine rings is 1. The Hall–Kier alpha value is -2.24. The van der Waals surface area contributed by atoms with Crippen molar-refractivity contribution in [3.63, 3.8) is 0 Å². The van der Waals surface area contributed by atoms with E-state index in [0.717, 1.165) is 57.7 Å². The van der Waals surface area contributed by atoms with E-state index in [4.69, 9.17) is 4.74 Å². The number of rotatable bonds is 8. The molecule has 0 radical (unpaired) electrons. The van der Waals surface area contributed by atoms with Crippen LogP contribution in [0.4, 0.5) is 0 Å². The zero-order chi connectivity index (χ0) is 19.2. The Morgan fingerprint density at radius 2 is 1.86 bits per heavy atom. The van der Waals surface area contributed by atoms with Crippen LogP contribution >= 0.6 is 0 Å². The summed E-state index contributed by atoms with van der Waals surface area (Å²) >= 11 is 0. The lowest BCUT2D eigenvalue weighted by molar-refractivity contribution is -0.136. The van der Waals surface area contributed by atoms with Crippen LogP contribution in [0.3, 0.4) is 0 Å². The van der Waals surface area contributed by atoms with Crippen molar-refractivity contribution in [3.8, 4) is 0 Å². The molecule has 148 valence electrons. The number of ether oxygens (including phenoxy) is 1. The lowest BCUT2D eigenvalue weighted by Gasteiger charge is -2.23. The summed E-state index contributed by atoms with van der Waals surface area (Å²) in [6.45, 7) is 5.83. The maximum atomic E-state index is 13.1. The van der Waals surface area contributed by atoms with Crippen LogP contribution < -0.4 is 0 Å². The molecule has 5 heteroatoms. The maximum Gasteiger partial charge on any atom is 0.230 e. The molecule has 2 fully saturated rings. The van der Waals surface area contributed by atoms with Crippen molar-refractivity contribution >= 4 is 5.91 Å². The van der Waals surface area contributed by atoms with Crippen LogP contribution in [-0.4, -0.2) is 53.5 Å². The standard InChI is InChI=1S/C23H29N3O2/c27-22-23(11-15-26(22)17-21-9-4-5-12-24-21)10-14-25(19-23)13-6-16-28-18-20-7-2-1-3-8-20/h1-5,7-9,12H,6,10-11,13-19H2. The summed E-state index contributed by atoms with van der Waals surface area (Å²) in [5, 5.41) is 0. The van der Waals surface area contributed by atoms with E-state index in [9.17, 15) is 4.79 Å². The van der Waals surface area contributed by atoms with E-state index in [1.807, 2.05) is 41.3 Å². The first-order valence-electron chi connectivity index (χ1n) is 10.3. The number of aromatic nitrogens is 1. The zero-order valence-electron chi connectivity index (χ0n) is 16.4. The molecule has 3 heterocycles. The molecule has 1 amide bonds.